The Morgan fingerprint density at radius 1 is 1.18 bits per heavy atom. The molecule has 15 heteroatoms. The van der Waals surface area contributed by atoms with Gasteiger partial charge in [0.2, 0.25) is 10.0 Å². The van der Waals surface area contributed by atoms with Crippen LogP contribution < -0.4 is 4.74 Å². The summed E-state index contributed by atoms with van der Waals surface area (Å²) in [6.07, 6.45) is -10.3. The fourth-order valence-corrected chi connectivity index (χ4v) is 4.87. The van der Waals surface area contributed by atoms with E-state index >= 15 is 0 Å². The highest BCUT2D eigenvalue weighted by molar-refractivity contribution is 7.89. The fourth-order valence-electron chi connectivity index (χ4n) is 3.25. The number of benzene rings is 1. The van der Waals surface area contributed by atoms with Crippen molar-refractivity contribution in [3.63, 3.8) is 0 Å². The predicted molar refractivity (Wildman–Crippen MR) is 101 cm³/mol. The van der Waals surface area contributed by atoms with Crippen molar-refractivity contribution in [2.45, 2.75) is 29.0 Å². The van der Waals surface area contributed by atoms with E-state index in [1.165, 1.54) is 6.07 Å². The molecule has 0 aliphatic carbocycles. The van der Waals surface area contributed by atoms with Crippen LogP contribution in [0.4, 0.5) is 26.3 Å². The maximum absolute atomic E-state index is 13.0. The van der Waals surface area contributed by atoms with E-state index in [-0.39, 0.29) is 5.75 Å². The number of ether oxygens (including phenoxy) is 1. The zero-order valence-electron chi connectivity index (χ0n) is 16.8. The van der Waals surface area contributed by atoms with Crippen LogP contribution in [0.3, 0.4) is 0 Å². The highest BCUT2D eigenvalue weighted by Gasteiger charge is 2.51. The number of nitrogens with zero attached hydrogens (tertiary/aromatic N) is 3. The van der Waals surface area contributed by atoms with Crippen LogP contribution in [-0.4, -0.2) is 59.3 Å². The number of β-amino-alcohol motifs (C(OH)–C–C–N with tert-alkyl or cyclic N) is 1. The van der Waals surface area contributed by atoms with Gasteiger partial charge in [-0.25, -0.2) is 13.4 Å². The minimum absolute atomic E-state index is 0.267. The highest BCUT2D eigenvalue weighted by atomic mass is 32.2. The maximum Gasteiger partial charge on any atom is 0.433 e. The van der Waals surface area contributed by atoms with Crippen molar-refractivity contribution in [2.24, 2.45) is 0 Å². The first-order chi connectivity index (χ1) is 15.6. The summed E-state index contributed by atoms with van der Waals surface area (Å²) < 4.78 is 109. The second-order valence-corrected chi connectivity index (χ2v) is 9.27. The van der Waals surface area contributed by atoms with Crippen molar-refractivity contribution >= 4 is 10.0 Å². The number of alkyl halides is 6. The highest BCUT2D eigenvalue weighted by Crippen LogP contribution is 2.35. The third-order valence-electron chi connectivity index (χ3n) is 5.04. The number of sulfonamides is 1. The quantitative estimate of drug-likeness (QED) is 0.590. The first-order valence-corrected chi connectivity index (χ1v) is 10.7. The molecule has 8 nitrogen and oxygen atoms in total. The van der Waals surface area contributed by atoms with E-state index < -0.39 is 75.5 Å². The molecule has 0 amide bonds. The molecule has 1 aromatic carbocycles. The number of pyridine rings is 1. The molecule has 0 spiro atoms. The summed E-state index contributed by atoms with van der Waals surface area (Å²) in [6.45, 7) is -2.42. The number of hydrogen-bond donors (Lipinski definition) is 2. The number of hydrogen-bond acceptors (Lipinski definition) is 7. The summed E-state index contributed by atoms with van der Waals surface area (Å²) in [7, 11) is -4.65. The van der Waals surface area contributed by atoms with Gasteiger partial charge in [0.05, 0.1) is 35.4 Å². The van der Waals surface area contributed by atoms with E-state index in [2.05, 4.69) is 4.98 Å². The van der Waals surface area contributed by atoms with Gasteiger partial charge in [-0.05, 0) is 30.3 Å². The molecule has 0 saturated carbocycles. The lowest BCUT2D eigenvalue weighted by molar-refractivity contribution is -0.141. The molecule has 2 N–H and O–H groups in total. The molecule has 1 unspecified atom stereocenters. The molecule has 2 heterocycles. The predicted octanol–water partition coefficient (Wildman–Crippen LogP) is 2.17. The second kappa shape index (κ2) is 8.69. The average Bonchev–Trinajstić information content (AvgIpc) is 3.10. The van der Waals surface area contributed by atoms with Crippen LogP contribution >= 0.6 is 0 Å². The largest absolute Gasteiger partial charge is 0.484 e. The summed E-state index contributed by atoms with van der Waals surface area (Å²) in [4.78, 5) is 2.41. The molecular weight excluding hydrogens is 496 g/mol. The van der Waals surface area contributed by atoms with Crippen LogP contribution in [0.5, 0.6) is 5.75 Å². The SMILES string of the molecule is N#Cc1cc(C(F)(F)F)ccc1S(=O)(=O)N1CC(Oc2ccc(C(F)(F)F)nc2)[C@](O)(CO)C1. The summed E-state index contributed by atoms with van der Waals surface area (Å²) in [5.74, 6) is -0.267. The van der Waals surface area contributed by atoms with Crippen LogP contribution in [0.1, 0.15) is 16.8 Å². The average molecular weight is 511 g/mol. The van der Waals surface area contributed by atoms with Gasteiger partial charge in [0.15, 0.2) is 0 Å². The lowest BCUT2D eigenvalue weighted by Crippen LogP contribution is -2.48. The number of halogens is 6. The van der Waals surface area contributed by atoms with Crippen molar-refractivity contribution in [1.82, 2.24) is 9.29 Å². The van der Waals surface area contributed by atoms with Crippen LogP contribution in [0, 0.1) is 11.3 Å². The smallest absolute Gasteiger partial charge is 0.433 e. The first-order valence-electron chi connectivity index (χ1n) is 9.26. The van der Waals surface area contributed by atoms with Gasteiger partial charge < -0.3 is 14.9 Å². The summed E-state index contributed by atoms with van der Waals surface area (Å²) in [5, 5.41) is 29.5. The molecule has 1 aromatic heterocycles. The molecule has 1 fully saturated rings. The molecule has 1 aliphatic rings. The van der Waals surface area contributed by atoms with E-state index in [9.17, 15) is 50.2 Å². The van der Waals surface area contributed by atoms with Crippen LogP contribution in [-0.2, 0) is 22.4 Å². The van der Waals surface area contributed by atoms with Crippen molar-refractivity contribution in [1.29, 1.82) is 5.26 Å². The molecule has 1 saturated heterocycles. The van der Waals surface area contributed by atoms with E-state index in [0.29, 0.717) is 34.8 Å². The van der Waals surface area contributed by atoms with Crippen molar-refractivity contribution in [3.05, 3.63) is 53.3 Å². The molecule has 0 bridgehead atoms. The zero-order chi connectivity index (χ0) is 25.5. The normalized spacial score (nSPS) is 21.9. The molecule has 184 valence electrons. The topological polar surface area (TPSA) is 124 Å². The van der Waals surface area contributed by atoms with Crippen LogP contribution in [0.15, 0.2) is 41.4 Å². The molecule has 1 aliphatic heterocycles. The number of aliphatic hydroxyl groups is 2. The van der Waals surface area contributed by atoms with Gasteiger partial charge in [0.25, 0.3) is 0 Å². The summed E-state index contributed by atoms with van der Waals surface area (Å²) in [5.41, 5.74) is -5.47. The summed E-state index contributed by atoms with van der Waals surface area (Å²) in [6, 6.07) is 4.31. The maximum atomic E-state index is 13.0. The Labute approximate surface area is 188 Å². The van der Waals surface area contributed by atoms with Crippen molar-refractivity contribution in [3.8, 4) is 11.8 Å². The monoisotopic (exact) mass is 511 g/mol. The van der Waals surface area contributed by atoms with Gasteiger partial charge in [-0.2, -0.15) is 35.9 Å². The second-order valence-electron chi connectivity index (χ2n) is 7.36. The molecular formula is C19H15F6N3O5S. The Kier molecular flexibility index (Phi) is 6.57. The van der Waals surface area contributed by atoms with Gasteiger partial charge in [-0.1, -0.05) is 0 Å². The van der Waals surface area contributed by atoms with E-state index in [4.69, 9.17) is 4.74 Å². The molecule has 2 atom stereocenters. The van der Waals surface area contributed by atoms with Gasteiger partial charge >= 0.3 is 12.4 Å². The Morgan fingerprint density at radius 3 is 2.35 bits per heavy atom. The molecule has 0 radical (unpaired) electrons. The number of aromatic nitrogens is 1. The van der Waals surface area contributed by atoms with Gasteiger partial charge in [-0.15, -0.1) is 0 Å². The lowest BCUT2D eigenvalue weighted by Gasteiger charge is -2.27. The first kappa shape index (κ1) is 25.7. The Morgan fingerprint density at radius 2 is 1.85 bits per heavy atom. The van der Waals surface area contributed by atoms with Gasteiger partial charge in [0, 0.05) is 6.54 Å². The molecule has 2 aromatic rings. The number of nitriles is 1. The van der Waals surface area contributed by atoms with E-state index in [1.807, 2.05) is 0 Å². The Bertz CT molecular complexity index is 1210. The number of aliphatic hydroxyl groups excluding tert-OH is 1. The standard InChI is InChI=1S/C19H15F6N3O5S/c20-18(21,22)12-1-3-14(11(5-12)6-26)34(31,32)28-8-16(17(30,9-28)10-29)33-13-2-4-15(27-7-13)19(23,24)25/h1-5,7,16,29-30H,8-10H2/t16?,17-/m1/s1. The van der Waals surface area contributed by atoms with Gasteiger partial charge in [-0.3, -0.25) is 0 Å². The minimum atomic E-state index is -4.83. The minimum Gasteiger partial charge on any atom is -0.484 e. The summed E-state index contributed by atoms with van der Waals surface area (Å²) >= 11 is 0. The third kappa shape index (κ3) is 4.94. The third-order valence-corrected chi connectivity index (χ3v) is 6.91. The Balaban J connectivity index is 1.90. The van der Waals surface area contributed by atoms with Crippen molar-refractivity contribution in [2.75, 3.05) is 19.7 Å². The van der Waals surface area contributed by atoms with Crippen LogP contribution in [0.2, 0.25) is 0 Å². The van der Waals surface area contributed by atoms with E-state index in [0.717, 1.165) is 6.07 Å². The molecule has 3 rings (SSSR count). The van der Waals surface area contributed by atoms with E-state index in [1.54, 1.807) is 0 Å². The van der Waals surface area contributed by atoms with Gasteiger partial charge in [0.1, 0.15) is 29.2 Å². The zero-order valence-corrected chi connectivity index (χ0v) is 17.6. The van der Waals surface area contributed by atoms with Crippen LogP contribution in [0.25, 0.3) is 0 Å². The van der Waals surface area contributed by atoms with Crippen molar-refractivity contribution < 1.29 is 49.7 Å². The molecule has 34 heavy (non-hydrogen) atoms. The number of rotatable bonds is 5. The fraction of sp³-hybridized carbons (Fsp3) is 0.368. The Hall–Kier alpha value is -2.93. The lowest BCUT2D eigenvalue weighted by atomic mass is 10.0.